The minimum absolute atomic E-state index is 0.318. The molecular weight excluding hydrogens is 353 g/mol. The molecule has 1 saturated heterocycles. The molecule has 1 aliphatic rings. The van der Waals surface area contributed by atoms with Gasteiger partial charge in [-0.1, -0.05) is 11.6 Å². The van der Waals surface area contributed by atoms with Gasteiger partial charge in [-0.05, 0) is 61.4 Å². The van der Waals surface area contributed by atoms with Gasteiger partial charge in [0.05, 0.1) is 0 Å². The number of anilines is 2. The molecule has 3 aromatic rings. The third-order valence-electron chi connectivity index (χ3n) is 4.53. The summed E-state index contributed by atoms with van der Waals surface area (Å²) in [7, 11) is 0. The van der Waals surface area contributed by atoms with Crippen LogP contribution in [0.3, 0.4) is 0 Å². The molecule has 4 rings (SSSR count). The SMILES string of the molecule is O=C(Nc1cc(F)c2nc(N3CCCC3)ccc2c1)c1ccc(Cl)cc1. The standard InChI is InChI=1S/C20H17ClFN3O/c21-15-6-3-13(4-7-15)20(26)23-16-11-14-5-8-18(25-9-1-2-10-25)24-19(14)17(22)12-16/h3-8,11-12H,1-2,9-10H2,(H,23,26). The first kappa shape index (κ1) is 16.8. The van der Waals surface area contributed by atoms with Gasteiger partial charge in [0.25, 0.3) is 5.91 Å². The lowest BCUT2D eigenvalue weighted by Crippen LogP contribution is -2.18. The van der Waals surface area contributed by atoms with Crippen LogP contribution in [0.25, 0.3) is 10.9 Å². The number of benzene rings is 2. The maximum atomic E-state index is 14.6. The van der Waals surface area contributed by atoms with Gasteiger partial charge in [-0.2, -0.15) is 0 Å². The van der Waals surface area contributed by atoms with Gasteiger partial charge < -0.3 is 10.2 Å². The summed E-state index contributed by atoms with van der Waals surface area (Å²) >= 11 is 5.83. The predicted molar refractivity (Wildman–Crippen MR) is 103 cm³/mol. The number of hydrogen-bond acceptors (Lipinski definition) is 3. The number of pyridine rings is 1. The zero-order chi connectivity index (χ0) is 18.1. The Kier molecular flexibility index (Phi) is 4.47. The average Bonchev–Trinajstić information content (AvgIpc) is 3.17. The molecule has 1 fully saturated rings. The molecule has 1 N–H and O–H groups in total. The smallest absolute Gasteiger partial charge is 0.255 e. The van der Waals surface area contributed by atoms with E-state index in [1.807, 2.05) is 12.1 Å². The van der Waals surface area contributed by atoms with E-state index in [4.69, 9.17) is 11.6 Å². The Morgan fingerprint density at radius 2 is 1.81 bits per heavy atom. The van der Waals surface area contributed by atoms with E-state index in [9.17, 15) is 9.18 Å². The van der Waals surface area contributed by atoms with Crippen LogP contribution in [0.1, 0.15) is 23.2 Å². The topological polar surface area (TPSA) is 45.2 Å². The number of fused-ring (bicyclic) bond motifs is 1. The highest BCUT2D eigenvalue weighted by Crippen LogP contribution is 2.26. The van der Waals surface area contributed by atoms with E-state index in [1.165, 1.54) is 6.07 Å². The number of rotatable bonds is 3. The Balaban J connectivity index is 1.61. The molecule has 0 atom stereocenters. The van der Waals surface area contributed by atoms with E-state index >= 15 is 0 Å². The van der Waals surface area contributed by atoms with Gasteiger partial charge >= 0.3 is 0 Å². The molecule has 0 unspecified atom stereocenters. The van der Waals surface area contributed by atoms with E-state index in [1.54, 1.807) is 30.3 Å². The zero-order valence-corrected chi connectivity index (χ0v) is 14.8. The summed E-state index contributed by atoms with van der Waals surface area (Å²) in [5.74, 6) is 0.0314. The average molecular weight is 370 g/mol. The molecule has 4 nitrogen and oxygen atoms in total. The number of nitrogens with zero attached hydrogens (tertiary/aromatic N) is 2. The summed E-state index contributed by atoms with van der Waals surface area (Å²) in [6, 6.07) is 13.3. The summed E-state index contributed by atoms with van der Waals surface area (Å²) in [6.07, 6.45) is 2.27. The minimum Gasteiger partial charge on any atom is -0.357 e. The summed E-state index contributed by atoms with van der Waals surface area (Å²) < 4.78 is 14.6. The van der Waals surface area contributed by atoms with Crippen LogP contribution in [0.2, 0.25) is 5.02 Å². The maximum absolute atomic E-state index is 14.6. The van der Waals surface area contributed by atoms with Gasteiger partial charge in [0.15, 0.2) is 5.82 Å². The molecule has 0 radical (unpaired) electrons. The molecule has 0 spiro atoms. The Morgan fingerprint density at radius 3 is 2.54 bits per heavy atom. The van der Waals surface area contributed by atoms with Crippen molar-refractivity contribution in [2.75, 3.05) is 23.3 Å². The minimum atomic E-state index is -0.449. The van der Waals surface area contributed by atoms with Crippen LogP contribution >= 0.6 is 11.6 Å². The first-order valence-electron chi connectivity index (χ1n) is 8.52. The molecule has 132 valence electrons. The summed E-state index contributed by atoms with van der Waals surface area (Å²) in [4.78, 5) is 18.9. The number of halogens is 2. The van der Waals surface area contributed by atoms with Crippen LogP contribution < -0.4 is 10.2 Å². The van der Waals surface area contributed by atoms with Gasteiger partial charge in [-0.3, -0.25) is 4.79 Å². The third-order valence-corrected chi connectivity index (χ3v) is 4.78. The van der Waals surface area contributed by atoms with Crippen molar-refractivity contribution in [3.05, 3.63) is 64.9 Å². The van der Waals surface area contributed by atoms with E-state index in [0.29, 0.717) is 27.2 Å². The molecule has 0 bridgehead atoms. The molecule has 1 amide bonds. The van der Waals surface area contributed by atoms with Crippen molar-refractivity contribution < 1.29 is 9.18 Å². The van der Waals surface area contributed by atoms with Crippen LogP contribution in [0.15, 0.2) is 48.5 Å². The van der Waals surface area contributed by atoms with Gasteiger partial charge in [0.2, 0.25) is 0 Å². The van der Waals surface area contributed by atoms with Crippen molar-refractivity contribution >= 4 is 39.9 Å². The van der Waals surface area contributed by atoms with Crippen molar-refractivity contribution in [3.8, 4) is 0 Å². The molecule has 2 aromatic carbocycles. The Hall–Kier alpha value is -2.66. The van der Waals surface area contributed by atoms with Gasteiger partial charge in [0, 0.05) is 34.7 Å². The fraction of sp³-hybridized carbons (Fsp3) is 0.200. The van der Waals surface area contributed by atoms with Gasteiger partial charge in [-0.25, -0.2) is 9.37 Å². The van der Waals surface area contributed by atoms with Crippen molar-refractivity contribution in [2.45, 2.75) is 12.8 Å². The number of aromatic nitrogens is 1. The number of hydrogen-bond donors (Lipinski definition) is 1. The second-order valence-electron chi connectivity index (χ2n) is 6.35. The van der Waals surface area contributed by atoms with Crippen LogP contribution in [0.4, 0.5) is 15.9 Å². The van der Waals surface area contributed by atoms with Gasteiger partial charge in [0.1, 0.15) is 11.3 Å². The van der Waals surface area contributed by atoms with Crippen LogP contribution in [0, 0.1) is 5.82 Å². The van der Waals surface area contributed by atoms with Crippen LogP contribution in [-0.2, 0) is 0 Å². The monoisotopic (exact) mass is 369 g/mol. The second kappa shape index (κ2) is 6.92. The Labute approximate surface area is 155 Å². The lowest BCUT2D eigenvalue weighted by molar-refractivity contribution is 0.102. The summed E-state index contributed by atoms with van der Waals surface area (Å²) in [5.41, 5.74) is 1.17. The van der Waals surface area contributed by atoms with E-state index in [2.05, 4.69) is 15.2 Å². The predicted octanol–water partition coefficient (Wildman–Crippen LogP) is 4.88. The molecule has 1 aromatic heterocycles. The molecule has 2 heterocycles. The van der Waals surface area contributed by atoms with Crippen molar-refractivity contribution in [1.29, 1.82) is 0 Å². The molecule has 26 heavy (non-hydrogen) atoms. The lowest BCUT2D eigenvalue weighted by atomic mass is 10.1. The number of nitrogens with one attached hydrogen (secondary N) is 1. The molecular formula is C20H17ClFN3O. The van der Waals surface area contributed by atoms with Crippen molar-refractivity contribution in [3.63, 3.8) is 0 Å². The Bertz CT molecular complexity index is 969. The summed E-state index contributed by atoms with van der Waals surface area (Å²) in [6.45, 7) is 1.91. The first-order chi connectivity index (χ1) is 12.6. The number of amides is 1. The van der Waals surface area contributed by atoms with Crippen LogP contribution in [0.5, 0.6) is 0 Å². The van der Waals surface area contributed by atoms with Crippen molar-refractivity contribution in [2.24, 2.45) is 0 Å². The highest BCUT2D eigenvalue weighted by atomic mass is 35.5. The molecule has 6 heteroatoms. The zero-order valence-electron chi connectivity index (χ0n) is 14.0. The quantitative estimate of drug-likeness (QED) is 0.715. The fourth-order valence-corrected chi connectivity index (χ4v) is 3.31. The van der Waals surface area contributed by atoms with E-state index < -0.39 is 5.82 Å². The molecule has 0 saturated carbocycles. The number of carbonyl (C=O) groups excluding carboxylic acids is 1. The third kappa shape index (κ3) is 3.35. The largest absolute Gasteiger partial charge is 0.357 e. The summed E-state index contributed by atoms with van der Waals surface area (Å²) in [5, 5.41) is 3.93. The first-order valence-corrected chi connectivity index (χ1v) is 8.90. The molecule has 1 aliphatic heterocycles. The molecule has 0 aliphatic carbocycles. The maximum Gasteiger partial charge on any atom is 0.255 e. The van der Waals surface area contributed by atoms with Crippen molar-refractivity contribution in [1.82, 2.24) is 4.98 Å². The van der Waals surface area contributed by atoms with E-state index in [0.717, 1.165) is 31.7 Å². The normalized spacial score (nSPS) is 14.0. The number of carbonyl (C=O) groups is 1. The second-order valence-corrected chi connectivity index (χ2v) is 6.79. The van der Waals surface area contributed by atoms with Gasteiger partial charge in [-0.15, -0.1) is 0 Å². The lowest BCUT2D eigenvalue weighted by Gasteiger charge is -2.17. The fourth-order valence-electron chi connectivity index (χ4n) is 3.18. The highest BCUT2D eigenvalue weighted by molar-refractivity contribution is 6.30. The Morgan fingerprint density at radius 1 is 1.08 bits per heavy atom. The van der Waals surface area contributed by atoms with E-state index in [-0.39, 0.29) is 5.91 Å². The van der Waals surface area contributed by atoms with Crippen LogP contribution in [-0.4, -0.2) is 24.0 Å². The highest BCUT2D eigenvalue weighted by Gasteiger charge is 2.15.